The van der Waals surface area contributed by atoms with Crippen LogP contribution < -0.4 is 0 Å². The summed E-state index contributed by atoms with van der Waals surface area (Å²) in [5.41, 5.74) is 1.67. The average molecular weight is 411 g/mol. The molecular weight excluding hydrogens is 380 g/mol. The minimum Gasteiger partial charge on any atom is -0.481 e. The molecule has 0 spiro atoms. The second-order valence-electron chi connectivity index (χ2n) is 7.39. The van der Waals surface area contributed by atoms with E-state index in [-0.39, 0.29) is 23.8 Å². The van der Waals surface area contributed by atoms with Crippen molar-refractivity contribution < 1.29 is 23.5 Å². The summed E-state index contributed by atoms with van der Waals surface area (Å²) >= 11 is -2.15. The first-order chi connectivity index (χ1) is 13.3. The monoisotopic (exact) mass is 410 g/mol. The summed E-state index contributed by atoms with van der Waals surface area (Å²) in [6.07, 6.45) is 8.02. The molecule has 28 heavy (non-hydrogen) atoms. The van der Waals surface area contributed by atoms with E-state index in [1.807, 2.05) is 26.0 Å². The highest BCUT2D eigenvalue weighted by molar-refractivity contribution is 7.76. The van der Waals surface area contributed by atoms with Gasteiger partial charge in [-0.25, -0.2) is 4.21 Å². The maximum absolute atomic E-state index is 12.6. The van der Waals surface area contributed by atoms with Gasteiger partial charge in [0.2, 0.25) is 5.91 Å². The first-order valence-electron chi connectivity index (χ1n) is 9.69. The van der Waals surface area contributed by atoms with Crippen LogP contribution in [-0.4, -0.2) is 54.1 Å². The van der Waals surface area contributed by atoms with Crippen molar-refractivity contribution >= 4 is 23.1 Å². The molecule has 2 heterocycles. The maximum atomic E-state index is 12.6. The van der Waals surface area contributed by atoms with Crippen molar-refractivity contribution in [2.75, 3.05) is 13.1 Å². The van der Waals surface area contributed by atoms with Crippen LogP contribution in [0.1, 0.15) is 46.0 Å². The number of amides is 1. The Bertz CT molecular complexity index is 695. The molecule has 7 nitrogen and oxygen atoms in total. The number of carboxylic acids is 1. The zero-order chi connectivity index (χ0) is 20.8. The highest BCUT2D eigenvalue weighted by atomic mass is 32.2. The summed E-state index contributed by atoms with van der Waals surface area (Å²) in [5.74, 6) is -1.06. The Labute approximate surface area is 169 Å². The van der Waals surface area contributed by atoms with Gasteiger partial charge < -0.3 is 10.0 Å². The lowest BCUT2D eigenvalue weighted by Gasteiger charge is -2.41. The molecule has 0 aromatic carbocycles. The zero-order valence-corrected chi connectivity index (χ0v) is 17.4. The van der Waals surface area contributed by atoms with Gasteiger partial charge in [-0.05, 0) is 51.0 Å². The molecule has 156 valence electrons. The molecule has 0 aromatic rings. The molecule has 2 aliphatic rings. The summed E-state index contributed by atoms with van der Waals surface area (Å²) in [6.45, 7) is 8.44. The number of aliphatic carboxylic acids is 1. The molecule has 1 unspecified atom stereocenters. The van der Waals surface area contributed by atoms with Crippen molar-refractivity contribution in [1.29, 1.82) is 0 Å². The fourth-order valence-electron chi connectivity index (χ4n) is 4.13. The molecule has 0 aliphatic carbocycles. The molecule has 2 aliphatic heterocycles. The first kappa shape index (κ1) is 22.4. The average Bonchev–Trinajstić information content (AvgIpc) is 2.67. The lowest BCUT2D eigenvalue weighted by Crippen LogP contribution is -2.44. The van der Waals surface area contributed by atoms with E-state index in [1.54, 1.807) is 11.0 Å². The standard InChI is InChI=1S/C20H30N2O5S/c1-4-6-17-13-16(14(3)22(28(26)27)18(17)5-2)7-8-19(23)21-11-9-15(10-12-21)20(24)25/h4-6,14-16H,1,7-13H2,2-3H3,(H,24,25)(H,26,27)/b17-6-,18-5+/t14-,16-/m1/s1. The molecule has 3 atom stereocenters. The number of allylic oxidation sites excluding steroid dienone is 4. The Morgan fingerprint density at radius 3 is 2.46 bits per heavy atom. The molecule has 8 heteroatoms. The smallest absolute Gasteiger partial charge is 0.306 e. The molecule has 2 saturated heterocycles. The van der Waals surface area contributed by atoms with Crippen LogP contribution in [0.4, 0.5) is 0 Å². The normalized spacial score (nSPS) is 27.8. The predicted octanol–water partition coefficient (Wildman–Crippen LogP) is 2.95. The van der Waals surface area contributed by atoms with Crippen LogP contribution in [0.25, 0.3) is 0 Å². The van der Waals surface area contributed by atoms with Crippen molar-refractivity contribution in [2.45, 2.75) is 52.0 Å². The fraction of sp³-hybridized carbons (Fsp3) is 0.600. The largest absolute Gasteiger partial charge is 0.481 e. The number of carboxylic acid groups (broad SMARTS) is 1. The lowest BCUT2D eigenvalue weighted by molar-refractivity contribution is -0.145. The van der Waals surface area contributed by atoms with Gasteiger partial charge in [-0.2, -0.15) is 0 Å². The van der Waals surface area contributed by atoms with Gasteiger partial charge in [0.05, 0.1) is 11.6 Å². The van der Waals surface area contributed by atoms with Crippen LogP contribution in [0.2, 0.25) is 0 Å². The van der Waals surface area contributed by atoms with Crippen LogP contribution >= 0.6 is 0 Å². The minimum atomic E-state index is -2.15. The van der Waals surface area contributed by atoms with Crippen molar-refractivity contribution in [2.24, 2.45) is 11.8 Å². The van der Waals surface area contributed by atoms with E-state index in [1.165, 1.54) is 4.31 Å². The number of hydrogen-bond acceptors (Lipinski definition) is 3. The van der Waals surface area contributed by atoms with Crippen molar-refractivity contribution in [3.63, 3.8) is 0 Å². The lowest BCUT2D eigenvalue weighted by atomic mass is 9.83. The van der Waals surface area contributed by atoms with Crippen LogP contribution in [0.15, 0.2) is 36.1 Å². The van der Waals surface area contributed by atoms with Crippen LogP contribution in [-0.2, 0) is 20.9 Å². The molecule has 2 fully saturated rings. The number of nitrogens with zero attached hydrogens (tertiary/aromatic N) is 2. The van der Waals surface area contributed by atoms with Crippen molar-refractivity contribution in [3.8, 4) is 0 Å². The van der Waals surface area contributed by atoms with Crippen molar-refractivity contribution in [3.05, 3.63) is 36.1 Å². The van der Waals surface area contributed by atoms with Gasteiger partial charge in [0.1, 0.15) is 0 Å². The summed E-state index contributed by atoms with van der Waals surface area (Å²) in [7, 11) is 0. The van der Waals surface area contributed by atoms with E-state index >= 15 is 0 Å². The van der Waals surface area contributed by atoms with E-state index in [9.17, 15) is 18.4 Å². The van der Waals surface area contributed by atoms with E-state index < -0.39 is 17.2 Å². The molecule has 0 bridgehead atoms. The summed E-state index contributed by atoms with van der Waals surface area (Å²) in [4.78, 5) is 25.4. The van der Waals surface area contributed by atoms with E-state index in [0.29, 0.717) is 38.8 Å². The SMILES string of the molecule is C=C/C=C1/C[C@@H](CCC(=O)N2CCC(C(=O)O)CC2)[C@@H](C)N(S(=O)O)/C1=C/C. The second kappa shape index (κ2) is 10.0. The Morgan fingerprint density at radius 1 is 1.32 bits per heavy atom. The van der Waals surface area contributed by atoms with Crippen molar-refractivity contribution in [1.82, 2.24) is 9.21 Å². The maximum Gasteiger partial charge on any atom is 0.306 e. The number of carbonyl (C=O) groups excluding carboxylic acids is 1. The van der Waals surface area contributed by atoms with Gasteiger partial charge in [-0.1, -0.05) is 24.8 Å². The summed E-state index contributed by atoms with van der Waals surface area (Å²) in [6, 6.07) is -0.176. The van der Waals surface area contributed by atoms with Crippen LogP contribution in [0.5, 0.6) is 0 Å². The Hall–Kier alpha value is -1.93. The molecule has 0 radical (unpaired) electrons. The number of carbonyl (C=O) groups is 2. The first-order valence-corrected chi connectivity index (χ1v) is 10.8. The zero-order valence-electron chi connectivity index (χ0n) is 16.5. The van der Waals surface area contributed by atoms with Crippen LogP contribution in [0, 0.1) is 11.8 Å². The molecule has 0 saturated carbocycles. The Morgan fingerprint density at radius 2 is 1.96 bits per heavy atom. The molecule has 1 amide bonds. The van der Waals surface area contributed by atoms with E-state index in [0.717, 1.165) is 17.7 Å². The highest BCUT2D eigenvalue weighted by Crippen LogP contribution is 2.38. The quantitative estimate of drug-likeness (QED) is 0.656. The highest BCUT2D eigenvalue weighted by Gasteiger charge is 2.36. The number of rotatable bonds is 6. The van der Waals surface area contributed by atoms with Gasteiger partial charge in [0, 0.05) is 25.6 Å². The van der Waals surface area contributed by atoms with E-state index in [4.69, 9.17) is 5.11 Å². The Kier molecular flexibility index (Phi) is 8.00. The predicted molar refractivity (Wildman–Crippen MR) is 108 cm³/mol. The summed E-state index contributed by atoms with van der Waals surface area (Å²) < 4.78 is 23.2. The van der Waals surface area contributed by atoms with Gasteiger partial charge in [-0.15, -0.1) is 0 Å². The molecule has 0 aromatic heterocycles. The second-order valence-corrected chi connectivity index (χ2v) is 8.25. The fourth-order valence-corrected chi connectivity index (χ4v) is 4.98. The summed E-state index contributed by atoms with van der Waals surface area (Å²) in [5, 5.41) is 9.08. The third kappa shape index (κ3) is 5.11. The number of piperidine rings is 2. The molecule has 2 N–H and O–H groups in total. The Balaban J connectivity index is 2.02. The number of hydrogen-bond donors (Lipinski definition) is 2. The topological polar surface area (TPSA) is 98.2 Å². The molecule has 2 rings (SSSR count). The van der Waals surface area contributed by atoms with E-state index in [2.05, 4.69) is 6.58 Å². The van der Waals surface area contributed by atoms with Gasteiger partial charge >= 0.3 is 5.97 Å². The third-order valence-electron chi connectivity index (χ3n) is 5.79. The van der Waals surface area contributed by atoms with Gasteiger partial charge in [0.25, 0.3) is 11.3 Å². The third-order valence-corrected chi connectivity index (χ3v) is 6.65. The van der Waals surface area contributed by atoms with Gasteiger partial charge in [-0.3, -0.25) is 18.4 Å². The number of likely N-dealkylation sites (tertiary alicyclic amines) is 1. The molecular formula is C20H30N2O5S. The van der Waals surface area contributed by atoms with Gasteiger partial charge in [0.15, 0.2) is 0 Å². The minimum absolute atomic E-state index is 0.0267. The van der Waals surface area contributed by atoms with Crippen LogP contribution in [0.3, 0.4) is 0 Å².